The van der Waals surface area contributed by atoms with E-state index in [0.717, 1.165) is 0 Å². The van der Waals surface area contributed by atoms with Gasteiger partial charge in [0.15, 0.2) is 0 Å². The van der Waals surface area contributed by atoms with E-state index in [2.05, 4.69) is 5.32 Å². The average Bonchev–Trinajstić information content (AvgIpc) is 2.40. The second kappa shape index (κ2) is 6.38. The Labute approximate surface area is 116 Å². The van der Waals surface area contributed by atoms with Gasteiger partial charge in [0, 0.05) is 5.92 Å². The number of aliphatic hydroxyl groups is 1. The Kier molecular flexibility index (Phi) is 4.57. The van der Waals surface area contributed by atoms with Crippen LogP contribution in [0.5, 0.6) is 5.75 Å². The van der Waals surface area contributed by atoms with Crippen LogP contribution in [0.2, 0.25) is 0 Å². The first-order valence-electron chi connectivity index (χ1n) is 6.48. The van der Waals surface area contributed by atoms with Crippen LogP contribution in [0.15, 0.2) is 24.3 Å². The molecule has 0 atom stereocenters. The van der Waals surface area contributed by atoms with E-state index >= 15 is 0 Å². The van der Waals surface area contributed by atoms with Crippen LogP contribution < -0.4 is 10.1 Å². The van der Waals surface area contributed by atoms with E-state index in [1.54, 1.807) is 12.1 Å². The first-order valence-corrected chi connectivity index (χ1v) is 6.48. The fourth-order valence-corrected chi connectivity index (χ4v) is 1.98. The molecule has 0 bridgehead atoms. The summed E-state index contributed by atoms with van der Waals surface area (Å²) in [6, 6.07) is 6.08. The number of hydrogen-bond acceptors (Lipinski definition) is 4. The third kappa shape index (κ3) is 3.71. The smallest absolute Gasteiger partial charge is 0.335 e. The molecule has 1 aliphatic rings. The minimum Gasteiger partial charge on any atom is -0.492 e. The van der Waals surface area contributed by atoms with E-state index in [-0.39, 0.29) is 23.5 Å². The van der Waals surface area contributed by atoms with Gasteiger partial charge in [-0.05, 0) is 37.1 Å². The van der Waals surface area contributed by atoms with Gasteiger partial charge in [-0.3, -0.25) is 4.79 Å². The SMILES string of the molecule is O=C(O)c1ccc(OCCNC(=O)C2CC(O)C2)cc1. The van der Waals surface area contributed by atoms with E-state index in [1.807, 2.05) is 0 Å². The zero-order valence-corrected chi connectivity index (χ0v) is 10.9. The second-order valence-corrected chi connectivity index (χ2v) is 4.79. The maximum atomic E-state index is 11.6. The summed E-state index contributed by atoms with van der Waals surface area (Å²) in [6.45, 7) is 0.694. The van der Waals surface area contributed by atoms with Crippen LogP contribution in [0.1, 0.15) is 23.2 Å². The molecule has 0 saturated heterocycles. The van der Waals surface area contributed by atoms with Crippen LogP contribution in [-0.2, 0) is 4.79 Å². The summed E-state index contributed by atoms with van der Waals surface area (Å²) in [4.78, 5) is 22.2. The van der Waals surface area contributed by atoms with Crippen molar-refractivity contribution in [3.05, 3.63) is 29.8 Å². The molecule has 1 aliphatic carbocycles. The number of benzene rings is 1. The molecule has 1 fully saturated rings. The molecule has 6 nitrogen and oxygen atoms in total. The van der Waals surface area contributed by atoms with Crippen molar-refractivity contribution in [1.29, 1.82) is 0 Å². The number of amides is 1. The molecule has 0 unspecified atom stereocenters. The van der Waals surface area contributed by atoms with Crippen LogP contribution in [0, 0.1) is 5.92 Å². The quantitative estimate of drug-likeness (QED) is 0.664. The summed E-state index contributed by atoms with van der Waals surface area (Å²) in [7, 11) is 0. The van der Waals surface area contributed by atoms with Crippen molar-refractivity contribution in [3.63, 3.8) is 0 Å². The number of hydrogen-bond donors (Lipinski definition) is 3. The summed E-state index contributed by atoms with van der Waals surface area (Å²) >= 11 is 0. The third-order valence-electron chi connectivity index (χ3n) is 3.26. The molecule has 3 N–H and O–H groups in total. The Bertz CT molecular complexity index is 479. The molecule has 0 spiro atoms. The van der Waals surface area contributed by atoms with Crippen molar-refractivity contribution in [2.24, 2.45) is 5.92 Å². The van der Waals surface area contributed by atoms with E-state index in [1.165, 1.54) is 12.1 Å². The van der Waals surface area contributed by atoms with Crippen molar-refractivity contribution in [1.82, 2.24) is 5.32 Å². The van der Waals surface area contributed by atoms with Crippen molar-refractivity contribution in [2.75, 3.05) is 13.2 Å². The molecular weight excluding hydrogens is 262 g/mol. The lowest BCUT2D eigenvalue weighted by molar-refractivity contribution is -0.131. The number of rotatable bonds is 6. The average molecular weight is 279 g/mol. The van der Waals surface area contributed by atoms with Gasteiger partial charge in [-0.15, -0.1) is 0 Å². The lowest BCUT2D eigenvalue weighted by Gasteiger charge is -2.29. The Hall–Kier alpha value is -2.08. The number of nitrogens with one attached hydrogen (secondary N) is 1. The molecule has 0 heterocycles. The number of carbonyl (C=O) groups excluding carboxylic acids is 1. The number of carboxylic acids is 1. The van der Waals surface area contributed by atoms with Gasteiger partial charge in [-0.1, -0.05) is 0 Å². The zero-order chi connectivity index (χ0) is 14.5. The highest BCUT2D eigenvalue weighted by atomic mass is 16.5. The van der Waals surface area contributed by atoms with E-state index in [0.29, 0.717) is 31.7 Å². The fourth-order valence-electron chi connectivity index (χ4n) is 1.98. The van der Waals surface area contributed by atoms with Gasteiger partial charge in [0.1, 0.15) is 12.4 Å². The highest BCUT2D eigenvalue weighted by Gasteiger charge is 2.32. The lowest BCUT2D eigenvalue weighted by atomic mass is 9.82. The van der Waals surface area contributed by atoms with Gasteiger partial charge >= 0.3 is 5.97 Å². The van der Waals surface area contributed by atoms with Crippen molar-refractivity contribution in [2.45, 2.75) is 18.9 Å². The number of ether oxygens (including phenoxy) is 1. The van der Waals surface area contributed by atoms with Crippen molar-refractivity contribution >= 4 is 11.9 Å². The number of carboxylic acid groups (broad SMARTS) is 1. The molecule has 0 radical (unpaired) electrons. The van der Waals surface area contributed by atoms with Gasteiger partial charge in [0.05, 0.1) is 18.2 Å². The molecule has 1 aromatic carbocycles. The monoisotopic (exact) mass is 279 g/mol. The zero-order valence-electron chi connectivity index (χ0n) is 10.9. The van der Waals surface area contributed by atoms with Gasteiger partial charge in [0.25, 0.3) is 0 Å². The minimum atomic E-state index is -0.980. The van der Waals surface area contributed by atoms with E-state index < -0.39 is 5.97 Å². The standard InChI is InChI=1S/C14H17NO5/c16-11-7-10(8-11)13(17)15-5-6-20-12-3-1-9(2-4-12)14(18)19/h1-4,10-11,16H,5-8H2,(H,15,17)(H,18,19). The lowest BCUT2D eigenvalue weighted by Crippen LogP contribution is -2.42. The maximum Gasteiger partial charge on any atom is 0.335 e. The van der Waals surface area contributed by atoms with Gasteiger partial charge < -0.3 is 20.3 Å². The highest BCUT2D eigenvalue weighted by molar-refractivity contribution is 5.87. The third-order valence-corrected chi connectivity index (χ3v) is 3.26. The highest BCUT2D eigenvalue weighted by Crippen LogP contribution is 2.26. The van der Waals surface area contributed by atoms with E-state index in [4.69, 9.17) is 14.9 Å². The molecule has 6 heteroatoms. The topological polar surface area (TPSA) is 95.9 Å². The summed E-state index contributed by atoms with van der Waals surface area (Å²) in [5.74, 6) is -0.560. The predicted octanol–water partition coefficient (Wildman–Crippen LogP) is 0.651. The molecule has 0 aliphatic heterocycles. The molecule has 2 rings (SSSR count). The van der Waals surface area contributed by atoms with Crippen molar-refractivity contribution in [3.8, 4) is 5.75 Å². The number of aromatic carboxylic acids is 1. The van der Waals surface area contributed by atoms with E-state index in [9.17, 15) is 9.59 Å². The van der Waals surface area contributed by atoms with Crippen LogP contribution in [0.25, 0.3) is 0 Å². The Morgan fingerprint density at radius 1 is 1.25 bits per heavy atom. The van der Waals surface area contributed by atoms with Crippen LogP contribution in [0.3, 0.4) is 0 Å². The summed E-state index contributed by atoms with van der Waals surface area (Å²) in [6.07, 6.45) is 0.724. The van der Waals surface area contributed by atoms with Gasteiger partial charge in [0.2, 0.25) is 5.91 Å². The molecule has 1 aromatic rings. The Morgan fingerprint density at radius 2 is 1.90 bits per heavy atom. The molecule has 1 amide bonds. The summed E-state index contributed by atoms with van der Waals surface area (Å²) < 4.78 is 5.39. The van der Waals surface area contributed by atoms with Gasteiger partial charge in [-0.25, -0.2) is 4.79 Å². The normalized spacial score (nSPS) is 20.9. The predicted molar refractivity (Wildman–Crippen MR) is 70.6 cm³/mol. The largest absolute Gasteiger partial charge is 0.492 e. The Balaban J connectivity index is 1.65. The fraction of sp³-hybridized carbons (Fsp3) is 0.429. The van der Waals surface area contributed by atoms with Gasteiger partial charge in [-0.2, -0.15) is 0 Å². The first-order chi connectivity index (χ1) is 9.56. The second-order valence-electron chi connectivity index (χ2n) is 4.79. The molecular formula is C14H17NO5. The molecule has 20 heavy (non-hydrogen) atoms. The van der Waals surface area contributed by atoms with Crippen LogP contribution >= 0.6 is 0 Å². The minimum absolute atomic E-state index is 0.0554. The van der Waals surface area contributed by atoms with Crippen LogP contribution in [0.4, 0.5) is 0 Å². The first kappa shape index (κ1) is 14.3. The summed E-state index contributed by atoms with van der Waals surface area (Å²) in [5, 5.41) is 20.6. The van der Waals surface area contributed by atoms with Crippen molar-refractivity contribution < 1.29 is 24.5 Å². The molecule has 108 valence electrons. The number of aliphatic hydroxyl groups excluding tert-OH is 1. The summed E-state index contributed by atoms with van der Waals surface area (Å²) in [5.41, 5.74) is 0.203. The maximum absolute atomic E-state index is 11.6. The molecule has 1 saturated carbocycles. The number of carbonyl (C=O) groups is 2. The Morgan fingerprint density at radius 3 is 2.45 bits per heavy atom. The molecule has 0 aromatic heterocycles. The van der Waals surface area contributed by atoms with Crippen LogP contribution in [-0.4, -0.2) is 41.3 Å².